The van der Waals surface area contributed by atoms with E-state index >= 15 is 0 Å². The fourth-order valence-electron chi connectivity index (χ4n) is 9.08. The van der Waals surface area contributed by atoms with E-state index in [1.165, 1.54) is 92.2 Å². The van der Waals surface area contributed by atoms with Gasteiger partial charge in [0, 0.05) is 40.8 Å². The quantitative estimate of drug-likeness (QED) is 0.205. The Kier molecular flexibility index (Phi) is 10.8. The minimum atomic E-state index is -0.0714. The molecule has 0 saturated carbocycles. The van der Waals surface area contributed by atoms with Crippen LogP contribution < -0.4 is 15.3 Å². The van der Waals surface area contributed by atoms with Gasteiger partial charge in [0.2, 0.25) is 0 Å². The van der Waals surface area contributed by atoms with Crippen molar-refractivity contribution in [3.05, 3.63) is 165 Å². The molecule has 0 saturated heterocycles. The first-order valence-corrected chi connectivity index (χ1v) is 20.0. The zero-order chi connectivity index (χ0) is 37.1. The van der Waals surface area contributed by atoms with Crippen LogP contribution in [0.1, 0.15) is 95.9 Å². The summed E-state index contributed by atoms with van der Waals surface area (Å²) in [5.41, 5.74) is 15.1. The number of rotatable bonds is 9. The Bertz CT molecular complexity index is 2210. The maximum absolute atomic E-state index is 2.58. The summed E-state index contributed by atoms with van der Waals surface area (Å²) < 4.78 is 0. The molecule has 2 atom stereocenters. The predicted octanol–water partition coefficient (Wildman–Crippen LogP) is 11.5. The van der Waals surface area contributed by atoms with Crippen molar-refractivity contribution >= 4 is 23.0 Å². The Hall–Kier alpha value is -4.82. The van der Waals surface area contributed by atoms with Crippen LogP contribution in [0.4, 0.5) is 5.69 Å². The highest BCUT2D eigenvalue weighted by Gasteiger charge is 2.36. The SMILES string of the molecule is CCC=CC=CCN(C(C)=c1cccc(C)c1=C(C)C=Cc1ccc2c(c1)C(C)(C)c1cc(N3CCCC4=C3C=CCC4)ccc1-2)C1C=CC=CC1C. The number of fused-ring (bicyclic) bond motifs is 3. The third-order valence-electron chi connectivity index (χ3n) is 12.1. The molecule has 2 nitrogen and oxygen atoms in total. The largest absolute Gasteiger partial charge is 0.364 e. The van der Waals surface area contributed by atoms with Gasteiger partial charge < -0.3 is 9.80 Å². The Labute approximate surface area is 319 Å². The van der Waals surface area contributed by atoms with Gasteiger partial charge in [-0.05, 0) is 127 Å². The molecule has 1 aliphatic heterocycles. The molecule has 0 amide bonds. The fourth-order valence-corrected chi connectivity index (χ4v) is 9.08. The van der Waals surface area contributed by atoms with E-state index < -0.39 is 0 Å². The van der Waals surface area contributed by atoms with E-state index in [-0.39, 0.29) is 5.41 Å². The first kappa shape index (κ1) is 36.5. The Morgan fingerprint density at radius 1 is 0.925 bits per heavy atom. The lowest BCUT2D eigenvalue weighted by atomic mass is 9.81. The maximum atomic E-state index is 2.58. The molecule has 272 valence electrons. The first-order chi connectivity index (χ1) is 25.7. The summed E-state index contributed by atoms with van der Waals surface area (Å²) in [7, 11) is 0. The van der Waals surface area contributed by atoms with Gasteiger partial charge in [-0.1, -0.05) is 137 Å². The van der Waals surface area contributed by atoms with Crippen molar-refractivity contribution in [1.82, 2.24) is 4.90 Å². The van der Waals surface area contributed by atoms with Crippen LogP contribution in [-0.2, 0) is 5.41 Å². The third-order valence-corrected chi connectivity index (χ3v) is 12.1. The molecule has 0 aromatic heterocycles. The van der Waals surface area contributed by atoms with Gasteiger partial charge in [0.15, 0.2) is 0 Å². The van der Waals surface area contributed by atoms with E-state index in [0.717, 1.165) is 19.5 Å². The van der Waals surface area contributed by atoms with Crippen LogP contribution in [0.25, 0.3) is 28.5 Å². The molecule has 0 N–H and O–H groups in total. The van der Waals surface area contributed by atoms with Crippen LogP contribution in [0.15, 0.2) is 133 Å². The summed E-state index contributed by atoms with van der Waals surface area (Å²) in [5, 5.41) is 2.63. The van der Waals surface area contributed by atoms with Crippen LogP contribution in [0.2, 0.25) is 0 Å². The molecule has 7 rings (SSSR count). The molecule has 4 aliphatic rings. The molecule has 0 radical (unpaired) electrons. The predicted molar refractivity (Wildman–Crippen MR) is 230 cm³/mol. The van der Waals surface area contributed by atoms with Gasteiger partial charge in [0.1, 0.15) is 0 Å². The number of allylic oxidation sites excluding steroid dienone is 9. The molecular formula is C51H58N2. The van der Waals surface area contributed by atoms with E-state index in [2.05, 4.69) is 186 Å². The average molecular weight is 699 g/mol. The van der Waals surface area contributed by atoms with Gasteiger partial charge >= 0.3 is 0 Å². The molecule has 2 heteroatoms. The molecule has 2 unspecified atom stereocenters. The molecule has 0 spiro atoms. The van der Waals surface area contributed by atoms with E-state index in [0.29, 0.717) is 12.0 Å². The lowest BCUT2D eigenvalue weighted by molar-refractivity contribution is 0.313. The van der Waals surface area contributed by atoms with E-state index in [1.807, 2.05) is 0 Å². The molecule has 1 heterocycles. The molecule has 3 aliphatic carbocycles. The second kappa shape index (κ2) is 15.7. The third kappa shape index (κ3) is 7.26. The Balaban J connectivity index is 1.22. The average Bonchev–Trinajstić information content (AvgIpc) is 3.40. The number of hydrogen-bond acceptors (Lipinski definition) is 2. The first-order valence-electron chi connectivity index (χ1n) is 20.0. The second-order valence-electron chi connectivity index (χ2n) is 16.0. The lowest BCUT2D eigenvalue weighted by Crippen LogP contribution is -2.42. The smallest absolute Gasteiger partial charge is 0.0536 e. The summed E-state index contributed by atoms with van der Waals surface area (Å²) in [4.78, 5) is 5.15. The molecule has 53 heavy (non-hydrogen) atoms. The second-order valence-corrected chi connectivity index (χ2v) is 16.0. The standard InChI is InChI=1S/C51H58N2/c1-8-9-10-11-16-32-52(48-24-14-12-19-36(48)2)39(5)43-23-17-20-37(3)50(43)38(4)26-27-40-28-30-44-45-31-29-42(35-47(45)51(6,7)46(44)34-40)53-33-18-22-41-21-13-15-25-49(41)53/h9-12,14-17,19-20,23-31,34-36,48H,8,13,18,21-22,32-33H2,1-7H3. The van der Waals surface area contributed by atoms with Crippen LogP contribution in [-0.4, -0.2) is 24.0 Å². The number of nitrogens with zero attached hydrogens (tertiary/aromatic N) is 2. The summed E-state index contributed by atoms with van der Waals surface area (Å²) in [5.74, 6) is 0.429. The fraction of sp³-hybridized carbons (Fsp3) is 0.333. The highest BCUT2D eigenvalue weighted by Crippen LogP contribution is 2.50. The summed E-state index contributed by atoms with van der Waals surface area (Å²) in [6, 6.07) is 21.4. The maximum Gasteiger partial charge on any atom is 0.0536 e. The van der Waals surface area contributed by atoms with Crippen molar-refractivity contribution in [2.24, 2.45) is 5.92 Å². The summed E-state index contributed by atoms with van der Waals surface area (Å²) in [6.07, 6.45) is 33.2. The van der Waals surface area contributed by atoms with Crippen LogP contribution in [0.5, 0.6) is 0 Å². The zero-order valence-corrected chi connectivity index (χ0v) is 33.1. The van der Waals surface area contributed by atoms with Crippen LogP contribution >= 0.6 is 0 Å². The zero-order valence-electron chi connectivity index (χ0n) is 33.1. The van der Waals surface area contributed by atoms with Gasteiger partial charge in [-0.15, -0.1) is 0 Å². The van der Waals surface area contributed by atoms with E-state index in [1.54, 1.807) is 5.57 Å². The lowest BCUT2D eigenvalue weighted by Gasteiger charge is -2.36. The van der Waals surface area contributed by atoms with E-state index in [4.69, 9.17) is 0 Å². The van der Waals surface area contributed by atoms with Gasteiger partial charge in [0.25, 0.3) is 0 Å². The molecule has 3 aromatic rings. The monoisotopic (exact) mass is 698 g/mol. The highest BCUT2D eigenvalue weighted by atomic mass is 15.2. The van der Waals surface area contributed by atoms with Crippen LogP contribution in [0.3, 0.4) is 0 Å². The minimum absolute atomic E-state index is 0.0714. The topological polar surface area (TPSA) is 6.48 Å². The summed E-state index contributed by atoms with van der Waals surface area (Å²) in [6.45, 7) is 18.1. The molecule has 0 fully saturated rings. The highest BCUT2D eigenvalue weighted by molar-refractivity contribution is 5.84. The number of anilines is 1. The minimum Gasteiger partial charge on any atom is -0.364 e. The van der Waals surface area contributed by atoms with Crippen molar-refractivity contribution in [3.8, 4) is 11.1 Å². The molecule has 3 aromatic carbocycles. The molecule has 0 bridgehead atoms. The van der Waals surface area contributed by atoms with Crippen molar-refractivity contribution in [3.63, 3.8) is 0 Å². The number of hydrogen-bond donors (Lipinski definition) is 0. The molecular weight excluding hydrogens is 641 g/mol. The number of aryl methyl sites for hydroxylation is 1. The van der Waals surface area contributed by atoms with Crippen molar-refractivity contribution in [2.75, 3.05) is 18.0 Å². The van der Waals surface area contributed by atoms with Gasteiger partial charge in [-0.25, -0.2) is 0 Å². The van der Waals surface area contributed by atoms with Crippen molar-refractivity contribution in [1.29, 1.82) is 0 Å². The van der Waals surface area contributed by atoms with Crippen molar-refractivity contribution < 1.29 is 0 Å². The Morgan fingerprint density at radius 2 is 1.70 bits per heavy atom. The normalized spacial score (nSPS) is 21.5. The van der Waals surface area contributed by atoms with E-state index in [9.17, 15) is 0 Å². The Morgan fingerprint density at radius 3 is 2.51 bits per heavy atom. The van der Waals surface area contributed by atoms with Gasteiger partial charge in [0.05, 0.1) is 6.04 Å². The number of benzene rings is 3. The van der Waals surface area contributed by atoms with Gasteiger partial charge in [-0.3, -0.25) is 0 Å². The summed E-state index contributed by atoms with van der Waals surface area (Å²) >= 11 is 0. The van der Waals surface area contributed by atoms with Crippen LogP contribution in [0, 0.1) is 12.8 Å². The van der Waals surface area contributed by atoms with Crippen molar-refractivity contribution in [2.45, 2.75) is 92.0 Å². The van der Waals surface area contributed by atoms with Gasteiger partial charge in [-0.2, -0.15) is 0 Å².